The fourth-order valence-corrected chi connectivity index (χ4v) is 17.1. The van der Waals surface area contributed by atoms with Gasteiger partial charge in [0.2, 0.25) is 11.2 Å². The van der Waals surface area contributed by atoms with Crippen molar-refractivity contribution in [2.75, 3.05) is 0 Å². The zero-order valence-electron chi connectivity index (χ0n) is 71.6. The first-order chi connectivity index (χ1) is 61.2. The van der Waals surface area contributed by atoms with Gasteiger partial charge in [-0.3, -0.25) is 4.57 Å². The van der Waals surface area contributed by atoms with Crippen LogP contribution >= 0.6 is 11.6 Å². The van der Waals surface area contributed by atoms with Crippen molar-refractivity contribution < 1.29 is 13.7 Å². The summed E-state index contributed by atoms with van der Waals surface area (Å²) in [5, 5.41) is 12.8. The van der Waals surface area contributed by atoms with Crippen LogP contribution < -0.4 is 0 Å². The number of H-pyrrole nitrogens is 1. The third-order valence-corrected chi connectivity index (χ3v) is 21.8. The number of rotatable bonds is 9. The fourth-order valence-electron chi connectivity index (χ4n) is 16.9. The Morgan fingerprint density at radius 1 is 0.250 bits per heavy atom. The van der Waals surface area contributed by atoms with Gasteiger partial charge < -0.3 is 23.3 Å². The van der Waals surface area contributed by atoms with Crippen LogP contribution in [0.15, 0.2) is 388 Å². The van der Waals surface area contributed by atoms with E-state index in [1.165, 1.54) is 49.3 Å². The first kappa shape index (κ1) is 58.6. The molecule has 0 aliphatic heterocycles. The highest BCUT2D eigenvalue weighted by Gasteiger charge is 2.27. The normalized spacial score (nSPS) is 12.8. The predicted molar refractivity (Wildman–Crippen MR) is 480 cm³/mol. The summed E-state index contributed by atoms with van der Waals surface area (Å²) in [5.74, 6) is 0.649. The molecule has 0 amide bonds. The molecule has 0 bridgehead atoms. The van der Waals surface area contributed by atoms with Crippen LogP contribution in [0.1, 0.15) is 13.7 Å². The molecule has 0 saturated carbocycles. The molecule has 543 valence electrons. The molecule has 24 rings (SSSR count). The molecule has 0 saturated heterocycles. The molecule has 0 aliphatic rings. The molecule has 14 heteroatoms. The van der Waals surface area contributed by atoms with Crippen LogP contribution in [0.3, 0.4) is 0 Å². The number of fused-ring (bicyclic) bond motifs is 20. The van der Waals surface area contributed by atoms with E-state index in [1.54, 1.807) is 0 Å². The molecule has 3 radical (unpaired) electrons. The minimum atomic E-state index is -0.490. The molecule has 0 spiro atoms. The second-order valence-electron chi connectivity index (χ2n) is 28.0. The number of aromatic nitrogens is 12. The van der Waals surface area contributed by atoms with E-state index in [-0.39, 0.29) is 48.2 Å². The number of hydrogen-bond donors (Lipinski definition) is 1. The highest BCUT2D eigenvalue weighted by Crippen LogP contribution is 2.45. The number of aromatic amines is 1. The van der Waals surface area contributed by atoms with E-state index >= 15 is 0 Å². The Balaban J connectivity index is 0.000000128. The Hall–Kier alpha value is -15.3. The number of para-hydroxylation sites is 10. The average Bonchev–Trinajstić information content (AvgIpc) is 1.54. The Labute approximate surface area is 686 Å². The van der Waals surface area contributed by atoms with Crippen molar-refractivity contribution in [3.05, 3.63) is 393 Å². The van der Waals surface area contributed by atoms with Gasteiger partial charge in [-0.05, 0) is 109 Å². The Morgan fingerprint density at radius 2 is 0.578 bits per heavy atom. The molecule has 0 aliphatic carbocycles. The Bertz CT molecular complexity index is 8540. The lowest BCUT2D eigenvalue weighted by Crippen LogP contribution is -2.07. The summed E-state index contributed by atoms with van der Waals surface area (Å²) in [6.07, 6.45) is 0. The standard InChI is InChI=1S/C51H32N6.C27H17ClN4.C24H16N2.B/c1-4-17-33(18-5-1)49-52-50(41-26-16-30-45-46(41)40-25-12-15-29-44(40)55(45)34-19-6-2-7-20-34)54-51(53-49)57-43-28-14-11-24-37(43)39-32-31-38-36-23-10-13-27-42(36)56(47(38)48(39)57)35-21-8-3-9-22-35;28-27-30-25(18-10-3-1-4-11-18)29-26(31-27)21-15-9-17-23-24(21)20-14-7-8-16-22(20)32(23)19-12-5-2-6-13-19;1-2-8-16(9-3-1)26-22-13-7-5-11-18(22)20-15-14-19-17-10-4-6-12-21(17)25-23(19)24(20)26;/h1-32H;1-17H;1-15,25H;/i1D,4D,5D,17D,18D;1D,3D,4D,10D,11D;;. The van der Waals surface area contributed by atoms with Crippen molar-refractivity contribution in [1.29, 1.82) is 0 Å². The van der Waals surface area contributed by atoms with Gasteiger partial charge in [-0.25, -0.2) is 9.97 Å². The van der Waals surface area contributed by atoms with Crippen molar-refractivity contribution in [3.8, 4) is 74.2 Å². The quantitative estimate of drug-likeness (QED) is 0.144. The van der Waals surface area contributed by atoms with E-state index < -0.39 is 60.4 Å². The van der Waals surface area contributed by atoms with Gasteiger partial charge in [0.15, 0.2) is 23.3 Å². The van der Waals surface area contributed by atoms with E-state index in [2.05, 4.69) is 208 Å². The van der Waals surface area contributed by atoms with Gasteiger partial charge >= 0.3 is 0 Å². The molecule has 16 aromatic carbocycles. The van der Waals surface area contributed by atoms with E-state index in [9.17, 15) is 0 Å². The third kappa shape index (κ3) is 11.3. The zero-order valence-corrected chi connectivity index (χ0v) is 62.3. The Morgan fingerprint density at radius 3 is 1.05 bits per heavy atom. The van der Waals surface area contributed by atoms with Crippen LogP contribution in [-0.4, -0.2) is 66.1 Å². The van der Waals surface area contributed by atoms with Gasteiger partial charge in [0.1, 0.15) is 0 Å². The van der Waals surface area contributed by atoms with Crippen molar-refractivity contribution in [1.82, 2.24) is 57.7 Å². The van der Waals surface area contributed by atoms with Crippen LogP contribution in [0.4, 0.5) is 0 Å². The molecular weight excluding hydrogens is 1440 g/mol. The van der Waals surface area contributed by atoms with Crippen LogP contribution in [0, 0.1) is 0 Å². The maximum absolute atomic E-state index is 9.10. The molecule has 0 atom stereocenters. The molecule has 0 unspecified atom stereocenters. The molecular formula is C102H65BClN12. The monoisotopic (exact) mass is 1510 g/mol. The summed E-state index contributed by atoms with van der Waals surface area (Å²) in [4.78, 5) is 32.3. The summed E-state index contributed by atoms with van der Waals surface area (Å²) < 4.78 is 95.6. The highest BCUT2D eigenvalue weighted by atomic mass is 35.5. The topological polar surface area (TPSA) is 118 Å². The molecule has 8 heterocycles. The lowest BCUT2D eigenvalue weighted by atomic mass is 10.1. The number of halogens is 1. The van der Waals surface area contributed by atoms with Crippen LogP contribution in [-0.2, 0) is 0 Å². The average molecular weight is 1520 g/mol. The molecule has 12 nitrogen and oxygen atoms in total. The van der Waals surface area contributed by atoms with Crippen LogP contribution in [0.2, 0.25) is 5.28 Å². The summed E-state index contributed by atoms with van der Waals surface area (Å²) in [6.45, 7) is 0. The lowest BCUT2D eigenvalue weighted by molar-refractivity contribution is 0.954. The summed E-state index contributed by atoms with van der Waals surface area (Å²) in [6, 6.07) is 107. The molecule has 1 N–H and O–H groups in total. The highest BCUT2D eigenvalue weighted by molar-refractivity contribution is 6.29. The summed E-state index contributed by atoms with van der Waals surface area (Å²) in [7, 11) is 0. The summed E-state index contributed by atoms with van der Waals surface area (Å²) in [5.41, 5.74) is 17.7. The SMILES string of the molecule is [2H]c1c([2H])c([2H])c(-c2nc(-c3cccc4c3c3ccccc3n4-c3ccccc3)nc(-n3c4ccccc4c4ccc5c6ccccc6n(-c6ccccc6)c5c43)n2)c([2H])c1[2H].[2H]c1c([2H])c([2H])c(-c2nc(Cl)nc(-c3cccc4c3c3ccccc3n4-c3ccccc3)n2)c([2H])c1[2H].[B].c1ccc(-n2c3ccccc3c3ccc4c5ccccc5[nH]c4c32)cc1. The number of nitrogens with zero attached hydrogens (tertiary/aromatic N) is 11. The number of hydrogen-bond acceptors (Lipinski definition) is 6. The first-order valence-electron chi connectivity index (χ1n) is 42.6. The number of nitrogens with one attached hydrogen (secondary N) is 1. The second kappa shape index (κ2) is 28.5. The molecule has 24 aromatic rings. The zero-order chi connectivity index (χ0) is 84.7. The van der Waals surface area contributed by atoms with Gasteiger partial charge in [0.05, 0.1) is 74.4 Å². The minimum absolute atomic E-state index is 0. The van der Waals surface area contributed by atoms with E-state index in [0.29, 0.717) is 17.0 Å². The second-order valence-corrected chi connectivity index (χ2v) is 28.3. The first-order valence-corrected chi connectivity index (χ1v) is 38.0. The van der Waals surface area contributed by atoms with Crippen molar-refractivity contribution in [2.24, 2.45) is 0 Å². The summed E-state index contributed by atoms with van der Waals surface area (Å²) >= 11 is 6.32. The van der Waals surface area contributed by atoms with Crippen molar-refractivity contribution in [2.45, 2.75) is 0 Å². The van der Waals surface area contributed by atoms with Crippen LogP contribution in [0.5, 0.6) is 0 Å². The van der Waals surface area contributed by atoms with E-state index in [4.69, 9.17) is 40.3 Å². The Kier molecular flexibility index (Phi) is 14.4. The largest absolute Gasteiger partial charge is 0.353 e. The molecule has 116 heavy (non-hydrogen) atoms. The van der Waals surface area contributed by atoms with Gasteiger partial charge in [-0.1, -0.05) is 291 Å². The fraction of sp³-hybridized carbons (Fsp3) is 0. The maximum Gasteiger partial charge on any atom is 0.238 e. The predicted octanol–water partition coefficient (Wildman–Crippen LogP) is 25.5. The van der Waals surface area contributed by atoms with Crippen molar-refractivity contribution >= 4 is 151 Å². The smallest absolute Gasteiger partial charge is 0.238 e. The lowest BCUT2D eigenvalue weighted by Gasteiger charge is -2.13. The van der Waals surface area contributed by atoms with Crippen molar-refractivity contribution in [3.63, 3.8) is 0 Å². The minimum Gasteiger partial charge on any atom is -0.353 e. The van der Waals surface area contributed by atoms with E-state index in [1.807, 2.05) is 162 Å². The van der Waals surface area contributed by atoms with E-state index in [0.717, 1.165) is 104 Å². The van der Waals surface area contributed by atoms with Gasteiger partial charge in [0, 0.05) is 124 Å². The molecule has 0 fully saturated rings. The van der Waals surface area contributed by atoms with Gasteiger partial charge in [0.25, 0.3) is 0 Å². The van der Waals surface area contributed by atoms with Gasteiger partial charge in [-0.2, -0.15) is 19.9 Å². The maximum atomic E-state index is 9.10. The van der Waals surface area contributed by atoms with Crippen LogP contribution in [0.25, 0.3) is 205 Å². The van der Waals surface area contributed by atoms with Gasteiger partial charge in [-0.15, -0.1) is 0 Å². The molecule has 8 aromatic heterocycles. The number of benzene rings is 16. The third-order valence-electron chi connectivity index (χ3n) is 21.6.